The van der Waals surface area contributed by atoms with Crippen molar-refractivity contribution >= 4 is 21.7 Å². The molecule has 1 fully saturated rings. The molecule has 0 radical (unpaired) electrons. The zero-order valence-corrected chi connectivity index (χ0v) is 15.8. The molecule has 2 aromatic carbocycles. The van der Waals surface area contributed by atoms with Crippen molar-refractivity contribution in [1.29, 1.82) is 0 Å². The molecular weight excluding hydrogens is 388 g/mol. The van der Waals surface area contributed by atoms with Gasteiger partial charge in [0.15, 0.2) is 5.60 Å². The van der Waals surface area contributed by atoms with Crippen LogP contribution in [0.1, 0.15) is 18.4 Å². The van der Waals surface area contributed by atoms with E-state index < -0.39 is 26.5 Å². The molecular formula is C18H18N2O7S. The van der Waals surface area contributed by atoms with Crippen molar-refractivity contribution < 1.29 is 27.6 Å². The molecule has 1 heterocycles. The number of nitro benzene ring substituents is 1. The van der Waals surface area contributed by atoms with Gasteiger partial charge in [-0.2, -0.15) is 0 Å². The van der Waals surface area contributed by atoms with E-state index in [1.54, 1.807) is 24.3 Å². The van der Waals surface area contributed by atoms with Gasteiger partial charge in [0.05, 0.1) is 23.5 Å². The zero-order valence-electron chi connectivity index (χ0n) is 15.0. The quantitative estimate of drug-likeness (QED) is 0.424. The van der Waals surface area contributed by atoms with Crippen LogP contribution in [0, 0.1) is 10.1 Å². The monoisotopic (exact) mass is 406 g/mol. The summed E-state index contributed by atoms with van der Waals surface area (Å²) >= 11 is 0. The van der Waals surface area contributed by atoms with Crippen LogP contribution in [0.25, 0.3) is 0 Å². The van der Waals surface area contributed by atoms with Gasteiger partial charge < -0.3 is 9.47 Å². The first-order chi connectivity index (χ1) is 13.3. The lowest BCUT2D eigenvalue weighted by Gasteiger charge is -2.28. The number of hydrogen-bond donors (Lipinski definition) is 1. The molecule has 0 spiro atoms. The number of nitrogens with zero attached hydrogens (tertiary/aromatic N) is 1. The number of non-ortho nitro benzene ring substituents is 1. The molecule has 1 saturated heterocycles. The predicted molar refractivity (Wildman–Crippen MR) is 98.3 cm³/mol. The number of hydrogen-bond acceptors (Lipinski definition) is 7. The number of methoxy groups -OCH3 is 1. The zero-order chi connectivity index (χ0) is 20.4. The minimum absolute atomic E-state index is 0.122. The summed E-state index contributed by atoms with van der Waals surface area (Å²) in [6.45, 7) is -0.175. The number of rotatable bonds is 7. The van der Waals surface area contributed by atoms with Gasteiger partial charge in [0.25, 0.3) is 5.69 Å². The SMILES string of the molecule is COc1cccc(C2(CNS(=O)(=O)c3ccc([N+](=O)[O-])cc3)CCC(=O)O2)c1. The fourth-order valence-electron chi connectivity index (χ4n) is 3.00. The van der Waals surface area contributed by atoms with Gasteiger partial charge in [-0.05, 0) is 24.3 Å². The molecule has 0 saturated carbocycles. The number of ether oxygens (including phenoxy) is 2. The molecule has 1 aliphatic heterocycles. The van der Waals surface area contributed by atoms with E-state index in [4.69, 9.17) is 9.47 Å². The molecule has 9 nitrogen and oxygen atoms in total. The smallest absolute Gasteiger partial charge is 0.306 e. The summed E-state index contributed by atoms with van der Waals surface area (Å²) < 4.78 is 38.4. The van der Waals surface area contributed by atoms with Crippen molar-refractivity contribution in [3.63, 3.8) is 0 Å². The number of carbonyl (C=O) groups excluding carboxylic acids is 1. The second-order valence-corrected chi connectivity index (χ2v) is 8.04. The Morgan fingerprint density at radius 2 is 1.96 bits per heavy atom. The highest BCUT2D eigenvalue weighted by molar-refractivity contribution is 7.89. The molecule has 3 rings (SSSR count). The summed E-state index contributed by atoms with van der Waals surface area (Å²) in [5, 5.41) is 10.7. The second-order valence-electron chi connectivity index (χ2n) is 6.28. The Bertz CT molecular complexity index is 1000. The molecule has 28 heavy (non-hydrogen) atoms. The molecule has 10 heteroatoms. The van der Waals surface area contributed by atoms with Gasteiger partial charge in [0.1, 0.15) is 5.75 Å². The van der Waals surface area contributed by atoms with Gasteiger partial charge in [0, 0.05) is 30.5 Å². The number of nitrogens with one attached hydrogen (secondary N) is 1. The van der Waals surface area contributed by atoms with E-state index in [0.29, 0.717) is 17.7 Å². The summed E-state index contributed by atoms with van der Waals surface area (Å²) in [6, 6.07) is 11.4. The first-order valence-corrected chi connectivity index (χ1v) is 9.85. The Morgan fingerprint density at radius 1 is 1.25 bits per heavy atom. The van der Waals surface area contributed by atoms with Crippen molar-refractivity contribution in [3.8, 4) is 5.75 Å². The number of benzene rings is 2. The van der Waals surface area contributed by atoms with Gasteiger partial charge >= 0.3 is 5.97 Å². The van der Waals surface area contributed by atoms with Crippen LogP contribution < -0.4 is 9.46 Å². The topological polar surface area (TPSA) is 125 Å². The maximum absolute atomic E-state index is 12.6. The summed E-state index contributed by atoms with van der Waals surface area (Å²) in [4.78, 5) is 21.8. The average molecular weight is 406 g/mol. The lowest BCUT2D eigenvalue weighted by molar-refractivity contribution is -0.384. The van der Waals surface area contributed by atoms with Crippen LogP contribution in [0.4, 0.5) is 5.69 Å². The van der Waals surface area contributed by atoms with Gasteiger partial charge in [-0.3, -0.25) is 14.9 Å². The summed E-state index contributed by atoms with van der Waals surface area (Å²) in [5.74, 6) is 0.135. The van der Waals surface area contributed by atoms with Crippen LogP contribution in [0.5, 0.6) is 5.75 Å². The van der Waals surface area contributed by atoms with E-state index in [9.17, 15) is 23.3 Å². The van der Waals surface area contributed by atoms with E-state index in [1.807, 2.05) is 0 Å². The molecule has 1 unspecified atom stereocenters. The first kappa shape index (κ1) is 19.8. The molecule has 148 valence electrons. The highest BCUT2D eigenvalue weighted by Crippen LogP contribution is 2.38. The minimum Gasteiger partial charge on any atom is -0.497 e. The van der Waals surface area contributed by atoms with Crippen molar-refractivity contribution in [2.75, 3.05) is 13.7 Å². The highest BCUT2D eigenvalue weighted by Gasteiger charge is 2.43. The van der Waals surface area contributed by atoms with Crippen LogP contribution in [-0.4, -0.2) is 33.0 Å². The number of cyclic esters (lactones) is 1. The molecule has 1 atom stereocenters. The first-order valence-electron chi connectivity index (χ1n) is 8.36. The minimum atomic E-state index is -3.96. The van der Waals surface area contributed by atoms with E-state index >= 15 is 0 Å². The highest BCUT2D eigenvalue weighted by atomic mass is 32.2. The van der Waals surface area contributed by atoms with Crippen LogP contribution in [0.3, 0.4) is 0 Å². The summed E-state index contributed by atoms with van der Waals surface area (Å²) in [6.07, 6.45) is 0.470. The number of esters is 1. The average Bonchev–Trinajstić information content (AvgIpc) is 3.09. The lowest BCUT2D eigenvalue weighted by atomic mass is 9.91. The Kier molecular flexibility index (Phi) is 5.34. The third-order valence-corrected chi connectivity index (χ3v) is 5.96. The Labute approximate surface area is 161 Å². The summed E-state index contributed by atoms with van der Waals surface area (Å²) in [7, 11) is -2.46. The second kappa shape index (κ2) is 7.56. The van der Waals surface area contributed by atoms with Crippen molar-refractivity contribution in [2.24, 2.45) is 0 Å². The predicted octanol–water partition coefficient (Wildman–Crippen LogP) is 2.11. The Hall–Kier alpha value is -2.98. The molecule has 1 aliphatic rings. The largest absolute Gasteiger partial charge is 0.497 e. The van der Waals surface area contributed by atoms with Crippen LogP contribution in [0.15, 0.2) is 53.4 Å². The van der Waals surface area contributed by atoms with E-state index in [1.165, 1.54) is 7.11 Å². The Balaban J connectivity index is 1.85. The van der Waals surface area contributed by atoms with Crippen LogP contribution >= 0.6 is 0 Å². The number of carbonyl (C=O) groups is 1. The molecule has 0 aromatic heterocycles. The van der Waals surface area contributed by atoms with E-state index in [2.05, 4.69) is 4.72 Å². The third-order valence-electron chi connectivity index (χ3n) is 4.54. The normalized spacial score (nSPS) is 19.2. The van der Waals surface area contributed by atoms with Gasteiger partial charge in [-0.25, -0.2) is 13.1 Å². The maximum atomic E-state index is 12.6. The van der Waals surface area contributed by atoms with Gasteiger partial charge in [0.2, 0.25) is 10.0 Å². The lowest BCUT2D eigenvalue weighted by Crippen LogP contribution is -2.40. The number of nitro groups is 1. The van der Waals surface area contributed by atoms with Crippen molar-refractivity contribution in [3.05, 3.63) is 64.2 Å². The molecule has 0 amide bonds. The fourth-order valence-corrected chi connectivity index (χ4v) is 4.09. The molecule has 0 bridgehead atoms. The molecule has 2 aromatic rings. The Morgan fingerprint density at radius 3 is 2.54 bits per heavy atom. The van der Waals surface area contributed by atoms with Crippen molar-refractivity contribution in [2.45, 2.75) is 23.3 Å². The summed E-state index contributed by atoms with van der Waals surface area (Å²) in [5.41, 5.74) is -0.750. The maximum Gasteiger partial charge on any atom is 0.306 e. The number of sulfonamides is 1. The van der Waals surface area contributed by atoms with E-state index in [-0.39, 0.29) is 23.5 Å². The van der Waals surface area contributed by atoms with Crippen LogP contribution in [0.2, 0.25) is 0 Å². The van der Waals surface area contributed by atoms with E-state index in [0.717, 1.165) is 24.3 Å². The standard InChI is InChI=1S/C18H18N2O7S/c1-26-15-4-2-3-13(11-15)18(10-9-17(21)27-18)12-19-28(24,25)16-7-5-14(6-8-16)20(22)23/h2-8,11,19H,9-10,12H2,1H3. The fraction of sp³-hybridized carbons (Fsp3) is 0.278. The third kappa shape index (κ3) is 3.97. The van der Waals surface area contributed by atoms with Gasteiger partial charge in [-0.1, -0.05) is 12.1 Å². The van der Waals surface area contributed by atoms with Gasteiger partial charge in [-0.15, -0.1) is 0 Å². The molecule has 1 N–H and O–H groups in total. The van der Waals surface area contributed by atoms with Crippen LogP contribution in [-0.2, 0) is 25.2 Å². The van der Waals surface area contributed by atoms with Crippen molar-refractivity contribution in [1.82, 2.24) is 4.72 Å². The molecule has 0 aliphatic carbocycles.